The van der Waals surface area contributed by atoms with Crippen LogP contribution in [-0.2, 0) is 14.3 Å². The Morgan fingerprint density at radius 1 is 1.11 bits per heavy atom. The molecule has 2 fully saturated rings. The highest BCUT2D eigenvalue weighted by Gasteiger charge is 2.26. The van der Waals surface area contributed by atoms with Gasteiger partial charge in [0.25, 0.3) is 0 Å². The van der Waals surface area contributed by atoms with E-state index in [9.17, 15) is 9.59 Å². The Balaban J connectivity index is 1.63. The smallest absolute Gasteiger partial charge is 0.309 e. The molecule has 28 heavy (non-hydrogen) atoms. The van der Waals surface area contributed by atoms with E-state index in [1.807, 2.05) is 14.1 Å². The first-order valence-electron chi connectivity index (χ1n) is 10.2. The molecule has 2 aliphatic rings. The van der Waals surface area contributed by atoms with Gasteiger partial charge in [-0.3, -0.25) is 14.5 Å². The average molecular weight is 389 g/mol. The van der Waals surface area contributed by atoms with Crippen molar-refractivity contribution in [1.82, 2.24) is 15.5 Å². The SMILES string of the molecule is CN(C)c1ccc([C@H](CNC(=O)C(=O)NC2CCCC2)N2CCOCC2)cc1. The summed E-state index contributed by atoms with van der Waals surface area (Å²) in [7, 11) is 4.02. The van der Waals surface area contributed by atoms with Gasteiger partial charge in [-0.1, -0.05) is 25.0 Å². The number of hydrogen-bond donors (Lipinski definition) is 2. The van der Waals surface area contributed by atoms with E-state index in [1.165, 1.54) is 0 Å². The number of benzene rings is 1. The molecule has 2 amide bonds. The van der Waals surface area contributed by atoms with Crippen molar-refractivity contribution in [2.24, 2.45) is 0 Å². The van der Waals surface area contributed by atoms with Crippen LogP contribution in [0.3, 0.4) is 0 Å². The zero-order valence-corrected chi connectivity index (χ0v) is 16.9. The predicted molar refractivity (Wildman–Crippen MR) is 109 cm³/mol. The van der Waals surface area contributed by atoms with E-state index in [2.05, 4.69) is 44.7 Å². The van der Waals surface area contributed by atoms with Crippen molar-refractivity contribution in [2.45, 2.75) is 37.8 Å². The second-order valence-corrected chi connectivity index (χ2v) is 7.81. The van der Waals surface area contributed by atoms with Crippen LogP contribution in [-0.4, -0.2) is 69.7 Å². The third-order valence-electron chi connectivity index (χ3n) is 5.63. The number of ether oxygens (including phenoxy) is 1. The first kappa shape index (κ1) is 20.6. The van der Waals surface area contributed by atoms with Crippen LogP contribution in [0.5, 0.6) is 0 Å². The van der Waals surface area contributed by atoms with Crippen molar-refractivity contribution in [3.8, 4) is 0 Å². The lowest BCUT2D eigenvalue weighted by Gasteiger charge is -2.35. The monoisotopic (exact) mass is 388 g/mol. The Morgan fingerprint density at radius 2 is 1.75 bits per heavy atom. The third kappa shape index (κ3) is 5.45. The standard InChI is InChI=1S/C21H32N4O3/c1-24(2)18-9-7-16(8-10-18)19(25-11-13-28-14-12-25)15-22-20(26)21(27)23-17-5-3-4-6-17/h7-10,17,19H,3-6,11-15H2,1-2H3,(H,22,26)(H,23,27)/t19-/m0/s1. The Hall–Kier alpha value is -2.12. The van der Waals surface area contributed by atoms with E-state index < -0.39 is 11.8 Å². The molecule has 0 bridgehead atoms. The van der Waals surface area contributed by atoms with Crippen molar-refractivity contribution in [3.63, 3.8) is 0 Å². The van der Waals surface area contributed by atoms with Crippen molar-refractivity contribution < 1.29 is 14.3 Å². The average Bonchev–Trinajstić information content (AvgIpc) is 3.22. The molecule has 0 radical (unpaired) electrons. The van der Waals surface area contributed by atoms with E-state index in [0.717, 1.165) is 50.0 Å². The van der Waals surface area contributed by atoms with Crippen LogP contribution in [0.15, 0.2) is 24.3 Å². The lowest BCUT2D eigenvalue weighted by atomic mass is 10.0. The van der Waals surface area contributed by atoms with Crippen LogP contribution in [0.1, 0.15) is 37.3 Å². The number of carbonyl (C=O) groups is 2. The molecule has 7 heteroatoms. The second kappa shape index (κ2) is 9.89. The number of carbonyl (C=O) groups excluding carboxylic acids is 2. The summed E-state index contributed by atoms with van der Waals surface area (Å²) >= 11 is 0. The van der Waals surface area contributed by atoms with E-state index in [4.69, 9.17) is 4.74 Å². The third-order valence-corrected chi connectivity index (χ3v) is 5.63. The fourth-order valence-corrected chi connectivity index (χ4v) is 3.93. The summed E-state index contributed by atoms with van der Waals surface area (Å²) in [6.07, 6.45) is 4.17. The number of morpholine rings is 1. The lowest BCUT2D eigenvalue weighted by molar-refractivity contribution is -0.139. The molecule has 1 atom stereocenters. The van der Waals surface area contributed by atoms with Gasteiger partial charge in [0.1, 0.15) is 0 Å². The molecule has 1 aliphatic carbocycles. The molecule has 7 nitrogen and oxygen atoms in total. The molecular weight excluding hydrogens is 356 g/mol. The van der Waals surface area contributed by atoms with Gasteiger partial charge < -0.3 is 20.3 Å². The van der Waals surface area contributed by atoms with Crippen LogP contribution in [0, 0.1) is 0 Å². The van der Waals surface area contributed by atoms with Gasteiger partial charge in [0.05, 0.1) is 19.3 Å². The highest BCUT2D eigenvalue weighted by molar-refractivity contribution is 6.35. The first-order chi connectivity index (χ1) is 13.5. The first-order valence-corrected chi connectivity index (χ1v) is 10.2. The van der Waals surface area contributed by atoms with Crippen molar-refractivity contribution in [1.29, 1.82) is 0 Å². The zero-order chi connectivity index (χ0) is 19.9. The minimum absolute atomic E-state index is 0.0170. The van der Waals surface area contributed by atoms with Gasteiger partial charge in [-0.2, -0.15) is 0 Å². The zero-order valence-electron chi connectivity index (χ0n) is 16.9. The molecule has 1 saturated heterocycles. The Labute approximate surface area is 167 Å². The molecule has 2 N–H and O–H groups in total. The van der Waals surface area contributed by atoms with E-state index in [-0.39, 0.29) is 12.1 Å². The van der Waals surface area contributed by atoms with E-state index in [0.29, 0.717) is 19.8 Å². The number of rotatable bonds is 6. The minimum atomic E-state index is -0.546. The normalized spacial score (nSPS) is 19.2. The Kier molecular flexibility index (Phi) is 7.28. The summed E-state index contributed by atoms with van der Waals surface area (Å²) < 4.78 is 5.47. The summed E-state index contributed by atoms with van der Waals surface area (Å²) in [5, 5.41) is 5.70. The quantitative estimate of drug-likeness (QED) is 0.719. The van der Waals surface area contributed by atoms with Crippen LogP contribution >= 0.6 is 0 Å². The summed E-state index contributed by atoms with van der Waals surface area (Å²) in [6, 6.07) is 8.52. The van der Waals surface area contributed by atoms with Crippen LogP contribution in [0.2, 0.25) is 0 Å². The molecule has 1 aliphatic heterocycles. The Morgan fingerprint density at radius 3 is 2.36 bits per heavy atom. The van der Waals surface area contributed by atoms with Crippen LogP contribution in [0.4, 0.5) is 5.69 Å². The van der Waals surface area contributed by atoms with Crippen molar-refractivity contribution in [2.75, 3.05) is 51.8 Å². The topological polar surface area (TPSA) is 73.9 Å². The van der Waals surface area contributed by atoms with Gasteiger partial charge in [0.2, 0.25) is 0 Å². The molecule has 0 spiro atoms. The Bertz CT molecular complexity index is 650. The maximum atomic E-state index is 12.3. The van der Waals surface area contributed by atoms with Crippen LogP contribution < -0.4 is 15.5 Å². The fourth-order valence-electron chi connectivity index (χ4n) is 3.93. The van der Waals surface area contributed by atoms with Crippen molar-refractivity contribution >= 4 is 17.5 Å². The molecule has 1 heterocycles. The second-order valence-electron chi connectivity index (χ2n) is 7.81. The number of hydrogen-bond acceptors (Lipinski definition) is 5. The van der Waals surface area contributed by atoms with Gasteiger partial charge in [0, 0.05) is 45.5 Å². The lowest BCUT2D eigenvalue weighted by Crippen LogP contribution is -2.48. The van der Waals surface area contributed by atoms with Gasteiger partial charge in [-0.25, -0.2) is 0 Å². The highest BCUT2D eigenvalue weighted by Crippen LogP contribution is 2.24. The molecule has 1 aromatic carbocycles. The number of anilines is 1. The maximum Gasteiger partial charge on any atom is 0.309 e. The molecule has 0 aromatic heterocycles. The molecule has 0 unspecified atom stereocenters. The number of amides is 2. The fraction of sp³-hybridized carbons (Fsp3) is 0.619. The predicted octanol–water partition coefficient (Wildman–Crippen LogP) is 1.30. The largest absolute Gasteiger partial charge is 0.379 e. The van der Waals surface area contributed by atoms with E-state index in [1.54, 1.807) is 0 Å². The summed E-state index contributed by atoms with van der Waals surface area (Å²) in [6.45, 7) is 3.39. The van der Waals surface area contributed by atoms with E-state index >= 15 is 0 Å². The number of nitrogens with zero attached hydrogens (tertiary/aromatic N) is 2. The molecule has 1 aromatic rings. The molecular formula is C21H32N4O3. The van der Waals surface area contributed by atoms with Crippen LogP contribution in [0.25, 0.3) is 0 Å². The number of nitrogens with one attached hydrogen (secondary N) is 2. The van der Waals surface area contributed by atoms with Gasteiger partial charge >= 0.3 is 11.8 Å². The summed E-state index contributed by atoms with van der Waals surface area (Å²) in [5.41, 5.74) is 2.26. The molecule has 1 saturated carbocycles. The summed E-state index contributed by atoms with van der Waals surface area (Å²) in [5.74, 6) is -1.06. The summed E-state index contributed by atoms with van der Waals surface area (Å²) in [4.78, 5) is 28.9. The molecule has 3 rings (SSSR count). The van der Waals surface area contributed by atoms with Gasteiger partial charge in [-0.05, 0) is 30.5 Å². The minimum Gasteiger partial charge on any atom is -0.379 e. The van der Waals surface area contributed by atoms with Gasteiger partial charge in [-0.15, -0.1) is 0 Å². The van der Waals surface area contributed by atoms with Gasteiger partial charge in [0.15, 0.2) is 0 Å². The van der Waals surface area contributed by atoms with Crippen molar-refractivity contribution in [3.05, 3.63) is 29.8 Å². The highest BCUT2D eigenvalue weighted by atomic mass is 16.5. The molecule has 154 valence electrons. The maximum absolute atomic E-state index is 12.3.